The van der Waals surface area contributed by atoms with E-state index in [-0.39, 0.29) is 17.9 Å². The summed E-state index contributed by atoms with van der Waals surface area (Å²) in [7, 11) is 3.95. The second-order valence-electron chi connectivity index (χ2n) is 10.3. The molecule has 30 heavy (non-hydrogen) atoms. The highest BCUT2D eigenvalue weighted by molar-refractivity contribution is 6.07. The van der Waals surface area contributed by atoms with Crippen LogP contribution in [0, 0.1) is 17.8 Å². The van der Waals surface area contributed by atoms with Crippen LogP contribution in [-0.4, -0.2) is 79.0 Å². The van der Waals surface area contributed by atoms with E-state index in [9.17, 15) is 9.59 Å². The third-order valence-electron chi connectivity index (χ3n) is 7.27. The van der Waals surface area contributed by atoms with Gasteiger partial charge in [-0.3, -0.25) is 9.69 Å². The van der Waals surface area contributed by atoms with Crippen molar-refractivity contribution in [3.05, 3.63) is 12.2 Å². The SMILES string of the molecule is CC(C)CCC1(C2CCN(CC3CC=CCC3)CC2)NC(=O)N(CCN(C)C)C1=O. The molecule has 1 N–H and O–H groups in total. The summed E-state index contributed by atoms with van der Waals surface area (Å²) in [6, 6.07) is -0.193. The maximum absolute atomic E-state index is 13.6. The zero-order chi connectivity index (χ0) is 21.7. The lowest BCUT2D eigenvalue weighted by Gasteiger charge is -2.42. The van der Waals surface area contributed by atoms with Crippen LogP contribution in [0.4, 0.5) is 4.79 Å². The second kappa shape index (κ2) is 10.3. The standard InChI is InChI=1S/C24H42N4O2/c1-19(2)10-13-24(22(29)28(23(30)25-24)17-16-26(3)4)21-11-14-27(15-12-21)18-20-8-6-5-7-9-20/h5-6,19-21H,7-18H2,1-4H3,(H,25,30). The average Bonchev–Trinajstić information content (AvgIpc) is 2.96. The second-order valence-corrected chi connectivity index (χ2v) is 10.3. The number of likely N-dealkylation sites (tertiary alicyclic amines) is 1. The van der Waals surface area contributed by atoms with Crippen molar-refractivity contribution in [3.8, 4) is 0 Å². The lowest BCUT2D eigenvalue weighted by Crippen LogP contribution is -2.56. The van der Waals surface area contributed by atoms with Crippen molar-refractivity contribution < 1.29 is 9.59 Å². The maximum atomic E-state index is 13.6. The molecule has 0 aromatic carbocycles. The van der Waals surface area contributed by atoms with Crippen LogP contribution in [0.15, 0.2) is 12.2 Å². The number of hydrogen-bond donors (Lipinski definition) is 1. The molecule has 2 fully saturated rings. The Hall–Kier alpha value is -1.40. The van der Waals surface area contributed by atoms with E-state index in [2.05, 4.69) is 36.2 Å². The van der Waals surface area contributed by atoms with Crippen molar-refractivity contribution in [2.24, 2.45) is 17.8 Å². The summed E-state index contributed by atoms with van der Waals surface area (Å²) in [5.41, 5.74) is -0.701. The van der Waals surface area contributed by atoms with E-state index >= 15 is 0 Å². The van der Waals surface area contributed by atoms with Crippen LogP contribution in [0.2, 0.25) is 0 Å². The van der Waals surface area contributed by atoms with Crippen molar-refractivity contribution >= 4 is 11.9 Å². The molecule has 0 spiro atoms. The minimum atomic E-state index is -0.701. The zero-order valence-corrected chi connectivity index (χ0v) is 19.5. The average molecular weight is 419 g/mol. The number of amides is 3. The van der Waals surface area contributed by atoms with Gasteiger partial charge in [-0.2, -0.15) is 0 Å². The molecule has 1 aliphatic carbocycles. The first-order valence-corrected chi connectivity index (χ1v) is 12.0. The summed E-state index contributed by atoms with van der Waals surface area (Å²) in [4.78, 5) is 32.4. The van der Waals surface area contributed by atoms with Gasteiger partial charge in [-0.15, -0.1) is 0 Å². The molecule has 2 unspecified atom stereocenters. The van der Waals surface area contributed by atoms with E-state index in [1.807, 2.05) is 19.0 Å². The molecule has 2 aliphatic heterocycles. The quantitative estimate of drug-likeness (QED) is 0.461. The number of imide groups is 1. The Morgan fingerprint density at radius 2 is 1.90 bits per heavy atom. The number of rotatable bonds is 9. The maximum Gasteiger partial charge on any atom is 0.325 e. The van der Waals surface area contributed by atoms with E-state index in [1.165, 1.54) is 30.7 Å². The molecular formula is C24H42N4O2. The molecule has 2 saturated heterocycles. The molecule has 6 heteroatoms. The molecule has 3 aliphatic rings. The Kier molecular flexibility index (Phi) is 7.97. The van der Waals surface area contributed by atoms with Crippen LogP contribution in [0.5, 0.6) is 0 Å². The fourth-order valence-corrected chi connectivity index (χ4v) is 5.31. The topological polar surface area (TPSA) is 55.9 Å². The summed E-state index contributed by atoms with van der Waals surface area (Å²) >= 11 is 0. The third kappa shape index (κ3) is 5.44. The van der Waals surface area contributed by atoms with Crippen molar-refractivity contribution in [2.45, 2.75) is 64.3 Å². The van der Waals surface area contributed by atoms with E-state index in [4.69, 9.17) is 0 Å². The van der Waals surface area contributed by atoms with Gasteiger partial charge < -0.3 is 15.1 Å². The third-order valence-corrected chi connectivity index (χ3v) is 7.27. The number of likely N-dealkylation sites (N-methyl/N-ethyl adjacent to an activating group) is 1. The molecule has 0 radical (unpaired) electrons. The lowest BCUT2D eigenvalue weighted by atomic mass is 9.73. The molecule has 3 amide bonds. The Morgan fingerprint density at radius 3 is 2.50 bits per heavy atom. The first-order chi connectivity index (χ1) is 14.3. The molecule has 0 aromatic heterocycles. The van der Waals surface area contributed by atoms with Crippen LogP contribution in [0.3, 0.4) is 0 Å². The summed E-state index contributed by atoms with van der Waals surface area (Å²) in [6.07, 6.45) is 12.0. The predicted molar refractivity (Wildman–Crippen MR) is 121 cm³/mol. The first-order valence-electron chi connectivity index (χ1n) is 12.0. The van der Waals surface area contributed by atoms with Gasteiger partial charge in [0.25, 0.3) is 5.91 Å². The Balaban J connectivity index is 1.66. The van der Waals surface area contributed by atoms with Gasteiger partial charge in [-0.05, 0) is 89.9 Å². The van der Waals surface area contributed by atoms with Gasteiger partial charge in [0.15, 0.2) is 0 Å². The number of allylic oxidation sites excluding steroid dienone is 2. The summed E-state index contributed by atoms with van der Waals surface area (Å²) in [5.74, 6) is 1.54. The van der Waals surface area contributed by atoms with Crippen molar-refractivity contribution in [3.63, 3.8) is 0 Å². The summed E-state index contributed by atoms with van der Waals surface area (Å²) in [5, 5.41) is 3.20. The van der Waals surface area contributed by atoms with Crippen LogP contribution in [0.25, 0.3) is 0 Å². The largest absolute Gasteiger partial charge is 0.325 e. The minimum absolute atomic E-state index is 0.0193. The minimum Gasteiger partial charge on any atom is -0.323 e. The molecule has 2 heterocycles. The van der Waals surface area contributed by atoms with Crippen LogP contribution in [0.1, 0.15) is 58.8 Å². The van der Waals surface area contributed by atoms with Gasteiger partial charge in [-0.25, -0.2) is 4.79 Å². The molecule has 6 nitrogen and oxygen atoms in total. The van der Waals surface area contributed by atoms with Gasteiger partial charge in [0, 0.05) is 19.6 Å². The summed E-state index contributed by atoms with van der Waals surface area (Å²) in [6.45, 7) is 8.80. The monoisotopic (exact) mass is 418 g/mol. The molecule has 0 bridgehead atoms. The Bertz CT molecular complexity index is 625. The van der Waals surface area contributed by atoms with Gasteiger partial charge in [0.05, 0.1) is 0 Å². The number of urea groups is 1. The number of carbonyl (C=O) groups is 2. The molecule has 2 atom stereocenters. The fraction of sp³-hybridized carbons (Fsp3) is 0.833. The number of nitrogens with zero attached hydrogens (tertiary/aromatic N) is 3. The number of carbonyl (C=O) groups excluding carboxylic acids is 2. The molecule has 0 aromatic rings. The normalized spacial score (nSPS) is 28.7. The highest BCUT2D eigenvalue weighted by Gasteiger charge is 2.55. The zero-order valence-electron chi connectivity index (χ0n) is 19.5. The molecule has 170 valence electrons. The highest BCUT2D eigenvalue weighted by Crippen LogP contribution is 2.38. The first kappa shape index (κ1) is 23.3. The van der Waals surface area contributed by atoms with Gasteiger partial charge in [-0.1, -0.05) is 26.0 Å². The van der Waals surface area contributed by atoms with Crippen molar-refractivity contribution in [1.29, 1.82) is 0 Å². The van der Waals surface area contributed by atoms with E-state index in [0.717, 1.165) is 44.7 Å². The van der Waals surface area contributed by atoms with E-state index in [1.54, 1.807) is 0 Å². The van der Waals surface area contributed by atoms with E-state index in [0.29, 0.717) is 19.0 Å². The lowest BCUT2D eigenvalue weighted by molar-refractivity contribution is -0.134. The predicted octanol–water partition coefficient (Wildman–Crippen LogP) is 3.34. The van der Waals surface area contributed by atoms with Crippen LogP contribution in [-0.2, 0) is 4.79 Å². The van der Waals surface area contributed by atoms with Gasteiger partial charge in [0.1, 0.15) is 5.54 Å². The van der Waals surface area contributed by atoms with Crippen LogP contribution < -0.4 is 5.32 Å². The Morgan fingerprint density at radius 1 is 1.17 bits per heavy atom. The van der Waals surface area contributed by atoms with Gasteiger partial charge >= 0.3 is 6.03 Å². The molecular weight excluding hydrogens is 376 g/mol. The van der Waals surface area contributed by atoms with Crippen molar-refractivity contribution in [1.82, 2.24) is 20.0 Å². The molecule has 0 saturated carbocycles. The van der Waals surface area contributed by atoms with Crippen molar-refractivity contribution in [2.75, 3.05) is 46.8 Å². The Labute approximate surface area is 183 Å². The highest BCUT2D eigenvalue weighted by atomic mass is 16.2. The fourth-order valence-electron chi connectivity index (χ4n) is 5.31. The summed E-state index contributed by atoms with van der Waals surface area (Å²) < 4.78 is 0. The van der Waals surface area contributed by atoms with E-state index < -0.39 is 5.54 Å². The number of nitrogens with one attached hydrogen (secondary N) is 1. The number of piperidine rings is 1. The van der Waals surface area contributed by atoms with Gasteiger partial charge in [0.2, 0.25) is 0 Å². The molecule has 3 rings (SSSR count). The van der Waals surface area contributed by atoms with Crippen LogP contribution >= 0.6 is 0 Å². The smallest absolute Gasteiger partial charge is 0.323 e. The number of hydrogen-bond acceptors (Lipinski definition) is 4.